The molecule has 1 N–H and O–H groups in total. The topological polar surface area (TPSA) is 61.8 Å². The van der Waals surface area contributed by atoms with E-state index in [9.17, 15) is 14.0 Å². The smallest absolute Gasteiger partial charge is 0.234 e. The van der Waals surface area contributed by atoms with Crippen LogP contribution in [0.25, 0.3) is 0 Å². The lowest BCUT2D eigenvalue weighted by Crippen LogP contribution is -2.47. The number of carbonyl (C=O) groups is 2. The lowest BCUT2D eigenvalue weighted by Gasteiger charge is -2.32. The van der Waals surface area contributed by atoms with Gasteiger partial charge in [-0.2, -0.15) is 0 Å². The highest BCUT2D eigenvalue weighted by Crippen LogP contribution is 2.29. The van der Waals surface area contributed by atoms with Gasteiger partial charge in [0.15, 0.2) is 5.17 Å². The Labute approximate surface area is 199 Å². The number of halogens is 1. The first-order chi connectivity index (χ1) is 16.1. The molecular weight excluding hydrogens is 437 g/mol. The van der Waals surface area contributed by atoms with E-state index in [0.29, 0.717) is 23.9 Å². The summed E-state index contributed by atoms with van der Waals surface area (Å²) >= 11 is 1.31. The van der Waals surface area contributed by atoms with E-state index >= 15 is 0 Å². The SMILES string of the molecule is CCCCCCCN1C(=O)C[C@H](C(=O)NCCc2ccccc2)SC1=Nc1ccc(F)cc1. The van der Waals surface area contributed by atoms with Crippen molar-refractivity contribution >= 4 is 34.4 Å². The van der Waals surface area contributed by atoms with Gasteiger partial charge in [0, 0.05) is 19.5 Å². The Morgan fingerprint density at radius 3 is 2.55 bits per heavy atom. The molecule has 2 aromatic carbocycles. The van der Waals surface area contributed by atoms with Crippen LogP contribution in [0.15, 0.2) is 59.6 Å². The van der Waals surface area contributed by atoms with Gasteiger partial charge in [0.05, 0.1) is 10.9 Å². The fraction of sp³-hybridized carbons (Fsp3) is 0.423. The average molecular weight is 470 g/mol. The van der Waals surface area contributed by atoms with Gasteiger partial charge in [-0.3, -0.25) is 14.5 Å². The molecular formula is C26H32FN3O2S. The first-order valence-electron chi connectivity index (χ1n) is 11.7. The number of rotatable bonds is 11. The third-order valence-corrected chi connectivity index (χ3v) is 6.71. The van der Waals surface area contributed by atoms with Crippen molar-refractivity contribution in [3.8, 4) is 0 Å². The second-order valence-corrected chi connectivity index (χ2v) is 9.34. The van der Waals surface area contributed by atoms with Crippen molar-refractivity contribution in [3.05, 3.63) is 66.0 Å². The fourth-order valence-electron chi connectivity index (χ4n) is 3.65. The summed E-state index contributed by atoms with van der Waals surface area (Å²) in [6.07, 6.45) is 6.32. The van der Waals surface area contributed by atoms with Crippen LogP contribution in [0.4, 0.5) is 10.1 Å². The molecule has 33 heavy (non-hydrogen) atoms. The van der Waals surface area contributed by atoms with Crippen molar-refractivity contribution in [2.24, 2.45) is 4.99 Å². The lowest BCUT2D eigenvalue weighted by molar-refractivity contribution is -0.130. The summed E-state index contributed by atoms with van der Waals surface area (Å²) in [6.45, 7) is 3.26. The van der Waals surface area contributed by atoms with Crippen LogP contribution in [0.2, 0.25) is 0 Å². The van der Waals surface area contributed by atoms with Crippen LogP contribution in [0, 0.1) is 5.82 Å². The van der Waals surface area contributed by atoms with Crippen molar-refractivity contribution in [2.75, 3.05) is 13.1 Å². The van der Waals surface area contributed by atoms with Crippen LogP contribution in [-0.4, -0.2) is 40.2 Å². The number of nitrogens with one attached hydrogen (secondary N) is 1. The predicted molar refractivity (Wildman–Crippen MR) is 133 cm³/mol. The zero-order valence-corrected chi connectivity index (χ0v) is 20.0. The number of hydrogen-bond donors (Lipinski definition) is 1. The molecule has 0 spiro atoms. The van der Waals surface area contributed by atoms with E-state index < -0.39 is 5.25 Å². The second-order valence-electron chi connectivity index (χ2n) is 8.17. The fourth-order valence-corrected chi connectivity index (χ4v) is 4.80. The quantitative estimate of drug-likeness (QED) is 0.444. The molecule has 7 heteroatoms. The summed E-state index contributed by atoms with van der Waals surface area (Å²) in [6, 6.07) is 15.8. The van der Waals surface area contributed by atoms with Gasteiger partial charge in [-0.25, -0.2) is 9.38 Å². The lowest BCUT2D eigenvalue weighted by atomic mass is 10.1. The van der Waals surface area contributed by atoms with Crippen LogP contribution < -0.4 is 5.32 Å². The molecule has 5 nitrogen and oxygen atoms in total. The van der Waals surface area contributed by atoms with Gasteiger partial charge in [0.1, 0.15) is 5.82 Å². The molecule has 0 bridgehead atoms. The summed E-state index contributed by atoms with van der Waals surface area (Å²) in [5.41, 5.74) is 1.71. The maximum absolute atomic E-state index is 13.3. The van der Waals surface area contributed by atoms with E-state index in [0.717, 1.165) is 37.7 Å². The highest BCUT2D eigenvalue weighted by Gasteiger charge is 2.35. The monoisotopic (exact) mass is 469 g/mol. The van der Waals surface area contributed by atoms with Gasteiger partial charge < -0.3 is 5.32 Å². The Bertz CT molecular complexity index is 934. The molecule has 0 aliphatic carbocycles. The minimum atomic E-state index is -0.524. The number of unbranched alkanes of at least 4 members (excludes halogenated alkanes) is 4. The number of thioether (sulfide) groups is 1. The number of benzene rings is 2. The van der Waals surface area contributed by atoms with E-state index in [4.69, 9.17) is 0 Å². The van der Waals surface area contributed by atoms with Crippen LogP contribution in [-0.2, 0) is 16.0 Å². The zero-order chi connectivity index (χ0) is 23.5. The molecule has 1 saturated heterocycles. The average Bonchev–Trinajstić information content (AvgIpc) is 2.82. The molecule has 1 aliphatic rings. The molecule has 176 valence electrons. The van der Waals surface area contributed by atoms with E-state index in [2.05, 4.69) is 17.2 Å². The summed E-state index contributed by atoms with van der Waals surface area (Å²) in [4.78, 5) is 32.1. The van der Waals surface area contributed by atoms with Crippen LogP contribution in [0.1, 0.15) is 51.0 Å². The Balaban J connectivity index is 1.65. The van der Waals surface area contributed by atoms with Crippen LogP contribution in [0.5, 0.6) is 0 Å². The molecule has 1 atom stereocenters. The molecule has 0 saturated carbocycles. The van der Waals surface area contributed by atoms with Crippen molar-refractivity contribution in [2.45, 2.75) is 57.1 Å². The third-order valence-electron chi connectivity index (χ3n) is 5.52. The van der Waals surface area contributed by atoms with Crippen molar-refractivity contribution < 1.29 is 14.0 Å². The highest BCUT2D eigenvalue weighted by atomic mass is 32.2. The maximum atomic E-state index is 13.3. The summed E-state index contributed by atoms with van der Waals surface area (Å²) in [5, 5.41) is 2.95. The van der Waals surface area contributed by atoms with E-state index in [1.165, 1.54) is 30.3 Å². The van der Waals surface area contributed by atoms with Gasteiger partial charge in [0.25, 0.3) is 0 Å². The standard InChI is InChI=1S/C26H32FN3O2S/c1-2-3-4-5-9-18-30-24(31)19-23(25(32)28-17-16-20-10-7-6-8-11-20)33-26(30)29-22-14-12-21(27)13-15-22/h6-8,10-15,23H,2-5,9,16-19H2,1H3,(H,28,32)/t23-/m1/s1. The molecule has 3 rings (SSSR count). The Morgan fingerprint density at radius 1 is 1.09 bits per heavy atom. The molecule has 0 unspecified atom stereocenters. The maximum Gasteiger partial charge on any atom is 0.234 e. The summed E-state index contributed by atoms with van der Waals surface area (Å²) < 4.78 is 13.3. The van der Waals surface area contributed by atoms with Gasteiger partial charge in [-0.1, -0.05) is 74.7 Å². The molecule has 2 aromatic rings. The molecule has 0 aromatic heterocycles. The van der Waals surface area contributed by atoms with Gasteiger partial charge in [0.2, 0.25) is 11.8 Å². The van der Waals surface area contributed by atoms with Crippen molar-refractivity contribution in [3.63, 3.8) is 0 Å². The van der Waals surface area contributed by atoms with E-state index in [1.54, 1.807) is 17.0 Å². The Hall–Kier alpha value is -2.67. The van der Waals surface area contributed by atoms with Crippen LogP contribution >= 0.6 is 11.8 Å². The Kier molecular flexibility index (Phi) is 9.94. The van der Waals surface area contributed by atoms with Gasteiger partial charge in [-0.15, -0.1) is 0 Å². The summed E-state index contributed by atoms with van der Waals surface area (Å²) in [7, 11) is 0. The number of carbonyl (C=O) groups excluding carboxylic acids is 2. The molecule has 0 radical (unpaired) electrons. The zero-order valence-electron chi connectivity index (χ0n) is 19.1. The minimum absolute atomic E-state index is 0.0895. The number of amides is 2. The van der Waals surface area contributed by atoms with E-state index in [1.807, 2.05) is 30.3 Å². The van der Waals surface area contributed by atoms with Crippen molar-refractivity contribution in [1.82, 2.24) is 10.2 Å². The van der Waals surface area contributed by atoms with Gasteiger partial charge >= 0.3 is 0 Å². The largest absolute Gasteiger partial charge is 0.355 e. The predicted octanol–water partition coefficient (Wildman–Crippen LogP) is 5.48. The van der Waals surface area contributed by atoms with Gasteiger partial charge in [-0.05, 0) is 42.7 Å². The summed E-state index contributed by atoms with van der Waals surface area (Å²) in [5.74, 6) is -0.582. The van der Waals surface area contributed by atoms with E-state index in [-0.39, 0.29) is 24.1 Å². The first-order valence-corrected chi connectivity index (χ1v) is 12.6. The number of hydrogen-bond acceptors (Lipinski definition) is 4. The van der Waals surface area contributed by atoms with Crippen LogP contribution in [0.3, 0.4) is 0 Å². The molecule has 2 amide bonds. The number of nitrogens with zero attached hydrogens (tertiary/aromatic N) is 2. The molecule has 1 heterocycles. The second kappa shape index (κ2) is 13.1. The Morgan fingerprint density at radius 2 is 1.82 bits per heavy atom. The third kappa shape index (κ3) is 8.00. The molecule has 1 aliphatic heterocycles. The minimum Gasteiger partial charge on any atom is -0.355 e. The first kappa shape index (κ1) is 25.0. The highest BCUT2D eigenvalue weighted by molar-refractivity contribution is 8.15. The number of aliphatic imine (C=N–C) groups is 1. The van der Waals surface area contributed by atoms with Crippen molar-refractivity contribution in [1.29, 1.82) is 0 Å². The normalized spacial score (nSPS) is 17.4. The molecule has 1 fully saturated rings. The number of amidine groups is 1.